The molecule has 156 valence electrons. The Morgan fingerprint density at radius 1 is 1.06 bits per heavy atom. The van der Waals surface area contributed by atoms with Gasteiger partial charge in [0.25, 0.3) is 0 Å². The first-order valence-electron chi connectivity index (χ1n) is 9.31. The number of Topliss-reactive ketones (excluding diaryl/α,β-unsaturated/α-hetero) is 1. The number of aromatic carboxylic acids is 1. The third-order valence-electron chi connectivity index (χ3n) is 5.09. The predicted molar refractivity (Wildman–Crippen MR) is 110 cm³/mol. The maximum atomic E-state index is 14.3. The van der Waals surface area contributed by atoms with Crippen molar-refractivity contribution in [3.05, 3.63) is 70.6 Å². The third-order valence-corrected chi connectivity index (χ3v) is 5.09. The molecule has 0 unspecified atom stereocenters. The van der Waals surface area contributed by atoms with Crippen molar-refractivity contribution in [3.63, 3.8) is 0 Å². The van der Waals surface area contributed by atoms with Gasteiger partial charge in [0.05, 0.1) is 16.6 Å². The van der Waals surface area contributed by atoms with Gasteiger partial charge in [0.15, 0.2) is 5.78 Å². The summed E-state index contributed by atoms with van der Waals surface area (Å²) in [6, 6.07) is 8.68. The van der Waals surface area contributed by atoms with Crippen molar-refractivity contribution >= 4 is 28.4 Å². The summed E-state index contributed by atoms with van der Waals surface area (Å²) in [6.45, 7) is 1.66. The van der Waals surface area contributed by atoms with Gasteiger partial charge < -0.3 is 15.3 Å². The maximum absolute atomic E-state index is 14.3. The van der Waals surface area contributed by atoms with E-state index in [1.807, 2.05) is 0 Å². The molecule has 0 amide bonds. The molecule has 2 aliphatic rings. The molecule has 0 saturated heterocycles. The lowest BCUT2D eigenvalue weighted by Gasteiger charge is -2.18. The van der Waals surface area contributed by atoms with Crippen LogP contribution in [-0.4, -0.2) is 16.9 Å². The number of nitrogens with one attached hydrogen (secondary N) is 1. The summed E-state index contributed by atoms with van der Waals surface area (Å²) in [5.41, 5.74) is 6.11. The highest BCUT2D eigenvalue weighted by Crippen LogP contribution is 2.42. The van der Waals surface area contributed by atoms with Crippen LogP contribution < -0.4 is 11.1 Å². The molecule has 0 spiro atoms. The number of anilines is 1. The normalized spacial score (nSPS) is 11.2. The topological polar surface area (TPSA) is 117 Å². The number of nitrogen functional groups attached to an aromatic ring is 1. The first-order valence-corrected chi connectivity index (χ1v) is 9.31. The average Bonchev–Trinajstić information content (AvgIpc) is 2.73. The van der Waals surface area contributed by atoms with Crippen molar-refractivity contribution in [1.29, 1.82) is 5.41 Å². The van der Waals surface area contributed by atoms with Gasteiger partial charge >= 0.3 is 5.97 Å². The van der Waals surface area contributed by atoms with Crippen LogP contribution in [0.3, 0.4) is 0 Å². The predicted octanol–water partition coefficient (Wildman–Crippen LogP) is 4.84. The molecule has 0 radical (unpaired) electrons. The number of ketones is 1. The van der Waals surface area contributed by atoms with Gasteiger partial charge in [-0.05, 0) is 23.8 Å². The van der Waals surface area contributed by atoms with Crippen LogP contribution in [0.5, 0.6) is 0 Å². The fraction of sp³-hybridized carbons (Fsp3) is 0.0870. The van der Waals surface area contributed by atoms with Gasteiger partial charge in [-0.3, -0.25) is 10.2 Å². The zero-order valence-corrected chi connectivity index (χ0v) is 16.3. The van der Waals surface area contributed by atoms with Gasteiger partial charge in [-0.15, -0.1) is 0 Å². The Labute approximate surface area is 174 Å². The number of carbonyl (C=O) groups excluding carboxylic acids is 1. The van der Waals surface area contributed by atoms with Crippen molar-refractivity contribution in [2.24, 2.45) is 0 Å². The quantitative estimate of drug-likeness (QED) is 0.247. The van der Waals surface area contributed by atoms with E-state index in [4.69, 9.17) is 15.6 Å². The lowest BCUT2D eigenvalue weighted by atomic mass is 9.89. The van der Waals surface area contributed by atoms with E-state index in [1.165, 1.54) is 24.3 Å². The molecular weight excluding hydrogens is 406 g/mol. The van der Waals surface area contributed by atoms with E-state index in [-0.39, 0.29) is 62.4 Å². The second-order valence-corrected chi connectivity index (χ2v) is 7.02. The van der Waals surface area contributed by atoms with Crippen LogP contribution in [0, 0.1) is 17.0 Å². The fourth-order valence-electron chi connectivity index (χ4n) is 3.55. The zero-order valence-electron chi connectivity index (χ0n) is 16.3. The minimum Gasteiger partial charge on any atom is -0.478 e. The summed E-state index contributed by atoms with van der Waals surface area (Å²) in [7, 11) is 0. The minimum absolute atomic E-state index is 0.102. The van der Waals surface area contributed by atoms with E-state index >= 15 is 0 Å². The molecule has 0 fully saturated rings. The Hall–Kier alpha value is -4.07. The van der Waals surface area contributed by atoms with Crippen LogP contribution in [0.1, 0.15) is 34.1 Å². The third kappa shape index (κ3) is 3.31. The van der Waals surface area contributed by atoms with Crippen LogP contribution >= 0.6 is 0 Å². The number of hydrogen-bond acceptors (Lipinski definition) is 5. The van der Waals surface area contributed by atoms with Crippen molar-refractivity contribution in [1.82, 2.24) is 0 Å². The summed E-state index contributed by atoms with van der Waals surface area (Å²) in [4.78, 5) is 24.1. The van der Waals surface area contributed by atoms with Gasteiger partial charge in [0, 0.05) is 40.6 Å². The molecule has 8 heteroatoms. The average molecular weight is 422 g/mol. The lowest BCUT2D eigenvalue weighted by Crippen LogP contribution is -2.09. The second-order valence-electron chi connectivity index (χ2n) is 7.02. The highest BCUT2D eigenvalue weighted by atomic mass is 19.1. The molecule has 0 bridgehead atoms. The van der Waals surface area contributed by atoms with E-state index in [0.29, 0.717) is 0 Å². The van der Waals surface area contributed by atoms with Crippen LogP contribution in [0.4, 0.5) is 14.5 Å². The molecule has 0 atom stereocenters. The number of nitrogens with two attached hydrogens (primary N) is 1. The van der Waals surface area contributed by atoms with E-state index in [1.54, 1.807) is 6.92 Å². The fourth-order valence-corrected chi connectivity index (χ4v) is 3.55. The number of carboxylic acids is 1. The molecule has 0 saturated carbocycles. The first kappa shape index (κ1) is 20.2. The Morgan fingerprint density at radius 2 is 1.81 bits per heavy atom. The number of rotatable bonds is 4. The van der Waals surface area contributed by atoms with Crippen molar-refractivity contribution in [2.45, 2.75) is 13.3 Å². The standard InChI is InChI=1S/C23H16F2N2O4/c1-2-19(28)10-3-4-11(12(5-10)23(29)30)22-13-6-15(24)17(26)8-20(13)31-21-9-18(27)16(25)7-14(21)22/h3-9,26H,2,27H2,1H3,(H,29,30). The summed E-state index contributed by atoms with van der Waals surface area (Å²) in [5.74, 6) is -3.05. The van der Waals surface area contributed by atoms with Gasteiger partial charge in [-0.25, -0.2) is 13.6 Å². The summed E-state index contributed by atoms with van der Waals surface area (Å²) < 4.78 is 34.3. The Bertz CT molecular complexity index is 1430. The molecule has 4 N–H and O–H groups in total. The molecule has 1 heterocycles. The van der Waals surface area contributed by atoms with Gasteiger partial charge in [0.1, 0.15) is 23.0 Å². The van der Waals surface area contributed by atoms with Gasteiger partial charge in [-0.1, -0.05) is 19.1 Å². The summed E-state index contributed by atoms with van der Waals surface area (Å²) in [6.07, 6.45) is 0.191. The Morgan fingerprint density at radius 3 is 2.48 bits per heavy atom. The molecule has 4 rings (SSSR count). The molecule has 6 nitrogen and oxygen atoms in total. The van der Waals surface area contributed by atoms with E-state index in [9.17, 15) is 23.5 Å². The van der Waals surface area contributed by atoms with Crippen LogP contribution in [0.25, 0.3) is 33.4 Å². The Balaban J connectivity index is 2.19. The number of benzene rings is 3. The van der Waals surface area contributed by atoms with Crippen molar-refractivity contribution in [2.75, 3.05) is 5.73 Å². The minimum atomic E-state index is -1.31. The van der Waals surface area contributed by atoms with E-state index < -0.39 is 23.0 Å². The highest BCUT2D eigenvalue weighted by Gasteiger charge is 2.24. The van der Waals surface area contributed by atoms with Crippen LogP contribution in [0.15, 0.2) is 46.9 Å². The second kappa shape index (κ2) is 7.32. The van der Waals surface area contributed by atoms with Crippen molar-refractivity contribution < 1.29 is 27.9 Å². The highest BCUT2D eigenvalue weighted by molar-refractivity contribution is 6.09. The first-order chi connectivity index (χ1) is 14.7. The smallest absolute Gasteiger partial charge is 0.336 e. The Kier molecular flexibility index (Phi) is 4.77. The zero-order chi connectivity index (χ0) is 22.4. The van der Waals surface area contributed by atoms with E-state index in [2.05, 4.69) is 0 Å². The van der Waals surface area contributed by atoms with Crippen molar-refractivity contribution in [3.8, 4) is 22.5 Å². The van der Waals surface area contributed by atoms with Gasteiger partial charge in [0.2, 0.25) is 0 Å². The molecule has 31 heavy (non-hydrogen) atoms. The van der Waals surface area contributed by atoms with Crippen LogP contribution in [0.2, 0.25) is 0 Å². The largest absolute Gasteiger partial charge is 0.478 e. The molecule has 0 aromatic heterocycles. The number of carboxylic acid groups (broad SMARTS) is 1. The molecule has 2 aromatic carbocycles. The van der Waals surface area contributed by atoms with E-state index in [0.717, 1.165) is 18.2 Å². The molecule has 2 aromatic rings. The molecule has 1 aliphatic carbocycles. The molecule has 1 aliphatic heterocycles. The summed E-state index contributed by atoms with van der Waals surface area (Å²) in [5, 5.41) is 17.3. The molecular formula is C23H16F2N2O4. The number of carbonyl (C=O) groups is 2. The SMILES string of the molecule is CCC(=O)c1ccc(-c2c3cc(F)c(=N)cc-3oc3cc(N)c(F)cc23)c(C(=O)O)c1. The number of fused-ring (bicyclic) bond motifs is 2. The maximum Gasteiger partial charge on any atom is 0.336 e. The van der Waals surface area contributed by atoms with Crippen LogP contribution in [-0.2, 0) is 0 Å². The number of hydrogen-bond donors (Lipinski definition) is 3. The number of halogens is 2. The van der Waals surface area contributed by atoms with Gasteiger partial charge in [-0.2, -0.15) is 0 Å². The summed E-state index contributed by atoms with van der Waals surface area (Å²) >= 11 is 0. The monoisotopic (exact) mass is 422 g/mol. The lowest BCUT2D eigenvalue weighted by molar-refractivity contribution is 0.0697.